The van der Waals surface area contributed by atoms with Crippen molar-refractivity contribution in [2.45, 2.75) is 39.2 Å². The predicted octanol–water partition coefficient (Wildman–Crippen LogP) is 1.57. The van der Waals surface area contributed by atoms with Crippen LogP contribution in [0.3, 0.4) is 0 Å². The second-order valence-corrected chi connectivity index (χ2v) is 7.63. The zero-order chi connectivity index (χ0) is 19.9. The van der Waals surface area contributed by atoms with E-state index in [9.17, 15) is 14.4 Å². The van der Waals surface area contributed by atoms with Crippen LogP contribution in [-0.4, -0.2) is 59.6 Å². The number of piperidine rings is 1. The average Bonchev–Trinajstić information content (AvgIpc) is 2.64. The van der Waals surface area contributed by atoms with Gasteiger partial charge in [-0.1, -0.05) is 0 Å². The first kappa shape index (κ1) is 20.7. The maximum absolute atomic E-state index is 12.4. The minimum atomic E-state index is -0.611. The van der Waals surface area contributed by atoms with Gasteiger partial charge in [-0.3, -0.25) is 14.6 Å². The molecule has 1 aromatic heterocycles. The number of aromatic nitrogens is 1. The molecular formula is C19H28N4O4. The SMILES string of the molecule is CC(C)(C)OC(=O)NCC(=O)NCC1CCN(C(=O)c2ccncc2)CC1. The number of carbonyl (C=O) groups is 3. The van der Waals surface area contributed by atoms with Crippen LogP contribution in [0.2, 0.25) is 0 Å². The van der Waals surface area contributed by atoms with Crippen LogP contribution in [0.5, 0.6) is 0 Å². The van der Waals surface area contributed by atoms with Crippen LogP contribution < -0.4 is 10.6 Å². The summed E-state index contributed by atoms with van der Waals surface area (Å²) in [5.41, 5.74) is 0.0485. The van der Waals surface area contributed by atoms with Gasteiger partial charge in [0.1, 0.15) is 5.60 Å². The Balaban J connectivity index is 1.65. The van der Waals surface area contributed by atoms with E-state index in [1.807, 2.05) is 4.90 Å². The highest BCUT2D eigenvalue weighted by Gasteiger charge is 2.24. The Morgan fingerprint density at radius 3 is 2.37 bits per heavy atom. The van der Waals surface area contributed by atoms with Gasteiger partial charge in [-0.15, -0.1) is 0 Å². The number of pyridine rings is 1. The molecule has 2 heterocycles. The summed E-state index contributed by atoms with van der Waals surface area (Å²) in [5.74, 6) is 0.0783. The average molecular weight is 376 g/mol. The minimum Gasteiger partial charge on any atom is -0.444 e. The highest BCUT2D eigenvalue weighted by molar-refractivity contribution is 5.94. The molecule has 1 fully saturated rings. The van der Waals surface area contributed by atoms with Crippen molar-refractivity contribution in [3.63, 3.8) is 0 Å². The molecule has 3 amide bonds. The smallest absolute Gasteiger partial charge is 0.408 e. The van der Waals surface area contributed by atoms with Gasteiger partial charge in [0.25, 0.3) is 5.91 Å². The number of nitrogens with one attached hydrogen (secondary N) is 2. The summed E-state index contributed by atoms with van der Waals surface area (Å²) >= 11 is 0. The molecule has 2 rings (SSSR count). The van der Waals surface area contributed by atoms with Gasteiger partial charge < -0.3 is 20.3 Å². The molecule has 27 heavy (non-hydrogen) atoms. The lowest BCUT2D eigenvalue weighted by Gasteiger charge is -2.32. The summed E-state index contributed by atoms with van der Waals surface area (Å²) < 4.78 is 5.08. The van der Waals surface area contributed by atoms with Crippen LogP contribution in [0.25, 0.3) is 0 Å². The van der Waals surface area contributed by atoms with Gasteiger partial charge in [0.2, 0.25) is 5.91 Å². The van der Waals surface area contributed by atoms with Gasteiger partial charge in [-0.05, 0) is 51.7 Å². The zero-order valence-corrected chi connectivity index (χ0v) is 16.2. The van der Waals surface area contributed by atoms with E-state index in [0.29, 0.717) is 31.1 Å². The molecule has 0 unspecified atom stereocenters. The van der Waals surface area contributed by atoms with E-state index in [4.69, 9.17) is 4.74 Å². The van der Waals surface area contributed by atoms with Crippen LogP contribution >= 0.6 is 0 Å². The second kappa shape index (κ2) is 9.34. The highest BCUT2D eigenvalue weighted by atomic mass is 16.6. The van der Waals surface area contributed by atoms with Gasteiger partial charge in [-0.2, -0.15) is 0 Å². The van der Waals surface area contributed by atoms with E-state index in [-0.39, 0.29) is 18.4 Å². The van der Waals surface area contributed by atoms with Crippen molar-refractivity contribution in [3.05, 3.63) is 30.1 Å². The molecule has 0 bridgehead atoms. The molecule has 148 valence electrons. The van der Waals surface area contributed by atoms with E-state index >= 15 is 0 Å². The molecule has 0 atom stereocenters. The van der Waals surface area contributed by atoms with E-state index in [1.54, 1.807) is 45.3 Å². The number of likely N-dealkylation sites (tertiary alicyclic amines) is 1. The fourth-order valence-corrected chi connectivity index (χ4v) is 2.80. The third-order valence-electron chi connectivity index (χ3n) is 4.21. The van der Waals surface area contributed by atoms with E-state index < -0.39 is 11.7 Å². The Labute approximate surface area is 159 Å². The van der Waals surface area contributed by atoms with Crippen molar-refractivity contribution in [1.82, 2.24) is 20.5 Å². The topological polar surface area (TPSA) is 101 Å². The van der Waals surface area contributed by atoms with E-state index in [2.05, 4.69) is 15.6 Å². The highest BCUT2D eigenvalue weighted by Crippen LogP contribution is 2.18. The van der Waals surface area contributed by atoms with Crippen LogP contribution in [0.4, 0.5) is 4.79 Å². The lowest BCUT2D eigenvalue weighted by atomic mass is 9.96. The standard InChI is InChI=1S/C19H28N4O4/c1-19(2,3)27-18(26)22-13-16(24)21-12-14-6-10-23(11-7-14)17(25)15-4-8-20-9-5-15/h4-5,8-9,14H,6-7,10-13H2,1-3H3,(H,21,24)(H,22,26). The lowest BCUT2D eigenvalue weighted by Crippen LogP contribution is -2.44. The fourth-order valence-electron chi connectivity index (χ4n) is 2.80. The lowest BCUT2D eigenvalue weighted by molar-refractivity contribution is -0.120. The summed E-state index contributed by atoms with van der Waals surface area (Å²) in [5, 5.41) is 5.26. The molecule has 0 saturated carbocycles. The van der Waals surface area contributed by atoms with E-state index in [1.165, 1.54) is 0 Å². The van der Waals surface area contributed by atoms with Crippen LogP contribution in [-0.2, 0) is 9.53 Å². The Kier molecular flexibility index (Phi) is 7.15. The van der Waals surface area contributed by atoms with Gasteiger partial charge in [0.05, 0.1) is 6.54 Å². The Bertz CT molecular complexity index is 649. The molecule has 1 aliphatic heterocycles. The largest absolute Gasteiger partial charge is 0.444 e. The Morgan fingerprint density at radius 2 is 1.78 bits per heavy atom. The molecule has 8 nitrogen and oxygen atoms in total. The quantitative estimate of drug-likeness (QED) is 0.812. The molecule has 0 spiro atoms. The Hall–Kier alpha value is -2.64. The molecule has 0 radical (unpaired) electrons. The number of amides is 3. The molecule has 1 aliphatic rings. The molecular weight excluding hydrogens is 348 g/mol. The van der Waals surface area contributed by atoms with Crippen LogP contribution in [0.15, 0.2) is 24.5 Å². The van der Waals surface area contributed by atoms with Crippen molar-refractivity contribution >= 4 is 17.9 Å². The third kappa shape index (κ3) is 7.24. The van der Waals surface area contributed by atoms with Crippen molar-refractivity contribution in [2.75, 3.05) is 26.2 Å². The summed E-state index contributed by atoms with van der Waals surface area (Å²) in [7, 11) is 0. The van der Waals surface area contributed by atoms with Gasteiger partial charge >= 0.3 is 6.09 Å². The van der Waals surface area contributed by atoms with Crippen molar-refractivity contribution in [3.8, 4) is 0 Å². The molecule has 1 saturated heterocycles. The molecule has 1 aromatic rings. The molecule has 2 N–H and O–H groups in total. The normalized spacial score (nSPS) is 15.1. The number of hydrogen-bond donors (Lipinski definition) is 2. The number of nitrogens with zero attached hydrogens (tertiary/aromatic N) is 2. The molecule has 8 heteroatoms. The maximum Gasteiger partial charge on any atom is 0.408 e. The van der Waals surface area contributed by atoms with Crippen molar-refractivity contribution in [2.24, 2.45) is 5.92 Å². The minimum absolute atomic E-state index is 0.0152. The first-order valence-corrected chi connectivity index (χ1v) is 9.17. The van der Waals surface area contributed by atoms with Gasteiger partial charge in [0, 0.05) is 37.6 Å². The number of ether oxygens (including phenoxy) is 1. The van der Waals surface area contributed by atoms with Gasteiger partial charge in [0.15, 0.2) is 0 Å². The van der Waals surface area contributed by atoms with Crippen molar-refractivity contribution < 1.29 is 19.1 Å². The Morgan fingerprint density at radius 1 is 1.15 bits per heavy atom. The predicted molar refractivity (Wildman–Crippen MR) is 100 cm³/mol. The first-order valence-electron chi connectivity index (χ1n) is 9.17. The first-order chi connectivity index (χ1) is 12.7. The number of rotatable bonds is 5. The summed E-state index contributed by atoms with van der Waals surface area (Å²) in [4.78, 5) is 41.5. The fraction of sp³-hybridized carbons (Fsp3) is 0.579. The van der Waals surface area contributed by atoms with Crippen LogP contribution in [0, 0.1) is 5.92 Å². The third-order valence-corrected chi connectivity index (χ3v) is 4.21. The summed E-state index contributed by atoms with van der Waals surface area (Å²) in [6.07, 6.45) is 4.27. The van der Waals surface area contributed by atoms with Crippen LogP contribution in [0.1, 0.15) is 44.0 Å². The maximum atomic E-state index is 12.4. The molecule has 0 aromatic carbocycles. The summed E-state index contributed by atoms with van der Waals surface area (Å²) in [6, 6.07) is 3.43. The van der Waals surface area contributed by atoms with Gasteiger partial charge in [-0.25, -0.2) is 4.79 Å². The van der Waals surface area contributed by atoms with Crippen molar-refractivity contribution in [1.29, 1.82) is 0 Å². The number of carbonyl (C=O) groups excluding carboxylic acids is 3. The summed E-state index contributed by atoms with van der Waals surface area (Å²) in [6.45, 7) is 7.03. The number of alkyl carbamates (subject to hydrolysis) is 1. The van der Waals surface area contributed by atoms with E-state index in [0.717, 1.165) is 12.8 Å². The second-order valence-electron chi connectivity index (χ2n) is 7.63. The zero-order valence-electron chi connectivity index (χ0n) is 16.2. The number of hydrogen-bond acceptors (Lipinski definition) is 5. The monoisotopic (exact) mass is 376 g/mol. The molecule has 0 aliphatic carbocycles.